The molecule has 0 bridgehead atoms. The van der Waals surface area contributed by atoms with Gasteiger partial charge in [-0.15, -0.1) is 0 Å². The first-order chi connectivity index (χ1) is 9.20. The fourth-order valence-corrected chi connectivity index (χ4v) is 3.95. The lowest BCUT2D eigenvalue weighted by Gasteiger charge is -2.34. The summed E-state index contributed by atoms with van der Waals surface area (Å²) in [6.45, 7) is 3.13. The maximum Gasteiger partial charge on any atom is 0.306 e. The number of hydrogen-bond acceptors (Lipinski definition) is 2. The predicted molar refractivity (Wildman–Crippen MR) is 75.1 cm³/mol. The second kappa shape index (κ2) is 7.28. The number of carboxylic acid groups (broad SMARTS) is 1. The van der Waals surface area contributed by atoms with Crippen LogP contribution in [0.3, 0.4) is 0 Å². The summed E-state index contributed by atoms with van der Waals surface area (Å²) in [5.74, 6) is 0.462. The molecule has 1 N–H and O–H groups in total. The monoisotopic (exact) mass is 268 g/mol. The third-order valence-electron chi connectivity index (χ3n) is 4.99. The molecular formula is C16H28O3. The fourth-order valence-electron chi connectivity index (χ4n) is 3.95. The van der Waals surface area contributed by atoms with Gasteiger partial charge in [-0.3, -0.25) is 4.79 Å². The van der Waals surface area contributed by atoms with Crippen molar-refractivity contribution in [2.24, 2.45) is 17.8 Å². The lowest BCUT2D eigenvalue weighted by Crippen LogP contribution is -2.31. The molecule has 3 heteroatoms. The van der Waals surface area contributed by atoms with Crippen molar-refractivity contribution in [3.8, 4) is 0 Å². The SMILES string of the molecule is CCCC1CCC(C(=O)O)C(CCC2CCCO2)C1. The summed E-state index contributed by atoms with van der Waals surface area (Å²) in [5, 5.41) is 9.39. The Bertz CT molecular complexity index is 284. The van der Waals surface area contributed by atoms with Gasteiger partial charge in [-0.1, -0.05) is 19.8 Å². The third-order valence-corrected chi connectivity index (χ3v) is 4.99. The Morgan fingerprint density at radius 2 is 2.05 bits per heavy atom. The molecule has 4 atom stereocenters. The average Bonchev–Trinajstić information content (AvgIpc) is 2.89. The second-order valence-electron chi connectivity index (χ2n) is 6.38. The van der Waals surface area contributed by atoms with Gasteiger partial charge in [0.05, 0.1) is 12.0 Å². The van der Waals surface area contributed by atoms with Crippen LogP contribution in [-0.2, 0) is 9.53 Å². The minimum atomic E-state index is -0.577. The molecule has 4 unspecified atom stereocenters. The van der Waals surface area contributed by atoms with E-state index in [1.54, 1.807) is 0 Å². The zero-order chi connectivity index (χ0) is 13.7. The Labute approximate surface area is 116 Å². The van der Waals surface area contributed by atoms with E-state index >= 15 is 0 Å². The van der Waals surface area contributed by atoms with Gasteiger partial charge >= 0.3 is 5.97 Å². The third kappa shape index (κ3) is 4.20. The van der Waals surface area contributed by atoms with Gasteiger partial charge in [0.15, 0.2) is 0 Å². The van der Waals surface area contributed by atoms with Crippen LogP contribution in [0.5, 0.6) is 0 Å². The van der Waals surface area contributed by atoms with E-state index in [9.17, 15) is 9.90 Å². The Morgan fingerprint density at radius 1 is 1.21 bits per heavy atom. The van der Waals surface area contributed by atoms with Gasteiger partial charge < -0.3 is 9.84 Å². The van der Waals surface area contributed by atoms with Crippen molar-refractivity contribution >= 4 is 5.97 Å². The Hall–Kier alpha value is -0.570. The molecule has 110 valence electrons. The highest BCUT2D eigenvalue weighted by atomic mass is 16.5. The Balaban J connectivity index is 1.85. The summed E-state index contributed by atoms with van der Waals surface area (Å²) in [6, 6.07) is 0. The number of ether oxygens (including phenoxy) is 1. The highest BCUT2D eigenvalue weighted by molar-refractivity contribution is 5.70. The van der Waals surface area contributed by atoms with Crippen molar-refractivity contribution in [2.45, 2.75) is 70.8 Å². The summed E-state index contributed by atoms with van der Waals surface area (Å²) >= 11 is 0. The summed E-state index contributed by atoms with van der Waals surface area (Å²) in [4.78, 5) is 11.4. The van der Waals surface area contributed by atoms with Gasteiger partial charge in [-0.05, 0) is 56.8 Å². The van der Waals surface area contributed by atoms with E-state index in [2.05, 4.69) is 6.92 Å². The molecule has 0 aromatic rings. The van der Waals surface area contributed by atoms with Crippen LogP contribution in [0.25, 0.3) is 0 Å². The number of rotatable bonds is 6. The Morgan fingerprint density at radius 3 is 2.68 bits per heavy atom. The van der Waals surface area contributed by atoms with E-state index in [-0.39, 0.29) is 5.92 Å². The predicted octanol–water partition coefficient (Wildman–Crippen LogP) is 3.86. The quantitative estimate of drug-likeness (QED) is 0.795. The minimum Gasteiger partial charge on any atom is -0.481 e. The molecule has 0 spiro atoms. The van der Waals surface area contributed by atoms with Crippen LogP contribution in [0, 0.1) is 17.8 Å². The van der Waals surface area contributed by atoms with Gasteiger partial charge in [0.1, 0.15) is 0 Å². The summed E-state index contributed by atoms with van der Waals surface area (Å²) in [7, 11) is 0. The first kappa shape index (κ1) is 14.8. The zero-order valence-corrected chi connectivity index (χ0v) is 12.1. The van der Waals surface area contributed by atoms with E-state index in [4.69, 9.17) is 4.74 Å². The van der Waals surface area contributed by atoms with Crippen LogP contribution in [0.15, 0.2) is 0 Å². The molecule has 3 nitrogen and oxygen atoms in total. The van der Waals surface area contributed by atoms with Gasteiger partial charge in [-0.25, -0.2) is 0 Å². The van der Waals surface area contributed by atoms with Crippen molar-refractivity contribution in [1.29, 1.82) is 0 Å². The van der Waals surface area contributed by atoms with Crippen LogP contribution in [0.4, 0.5) is 0 Å². The molecule has 1 aliphatic carbocycles. The molecule has 1 heterocycles. The van der Waals surface area contributed by atoms with Crippen LogP contribution < -0.4 is 0 Å². The molecule has 1 saturated heterocycles. The van der Waals surface area contributed by atoms with E-state index in [0.29, 0.717) is 12.0 Å². The summed E-state index contributed by atoms with van der Waals surface area (Å²) in [5.41, 5.74) is 0. The van der Waals surface area contributed by atoms with Crippen molar-refractivity contribution in [3.63, 3.8) is 0 Å². The van der Waals surface area contributed by atoms with E-state index in [0.717, 1.165) is 44.6 Å². The maximum absolute atomic E-state index is 11.4. The van der Waals surface area contributed by atoms with Crippen molar-refractivity contribution < 1.29 is 14.6 Å². The maximum atomic E-state index is 11.4. The second-order valence-corrected chi connectivity index (χ2v) is 6.38. The molecule has 0 aromatic carbocycles. The van der Waals surface area contributed by atoms with E-state index in [1.807, 2.05) is 0 Å². The molecule has 2 rings (SSSR count). The molecule has 0 radical (unpaired) electrons. The first-order valence-electron chi connectivity index (χ1n) is 8.05. The summed E-state index contributed by atoms with van der Waals surface area (Å²) in [6.07, 6.45) is 10.5. The standard InChI is InChI=1S/C16H28O3/c1-2-4-12-6-9-15(16(17)18)13(11-12)7-8-14-5-3-10-19-14/h12-15H,2-11H2,1H3,(H,17,18). The van der Waals surface area contributed by atoms with Crippen LogP contribution in [-0.4, -0.2) is 23.8 Å². The Kier molecular flexibility index (Phi) is 5.68. The first-order valence-corrected chi connectivity index (χ1v) is 8.05. The lowest BCUT2D eigenvalue weighted by atomic mass is 9.71. The van der Waals surface area contributed by atoms with Crippen molar-refractivity contribution in [3.05, 3.63) is 0 Å². The van der Waals surface area contributed by atoms with E-state index < -0.39 is 5.97 Å². The molecule has 2 fully saturated rings. The largest absolute Gasteiger partial charge is 0.481 e. The van der Waals surface area contributed by atoms with Crippen LogP contribution in [0.2, 0.25) is 0 Å². The number of hydrogen-bond donors (Lipinski definition) is 1. The molecule has 0 aromatic heterocycles. The van der Waals surface area contributed by atoms with Crippen molar-refractivity contribution in [1.82, 2.24) is 0 Å². The normalized spacial score (nSPS) is 35.4. The number of carboxylic acids is 1. The molecule has 1 aliphatic heterocycles. The molecule has 1 saturated carbocycles. The van der Waals surface area contributed by atoms with Gasteiger partial charge in [0.2, 0.25) is 0 Å². The molecule has 19 heavy (non-hydrogen) atoms. The number of carbonyl (C=O) groups is 1. The number of aliphatic carboxylic acids is 1. The van der Waals surface area contributed by atoms with Crippen molar-refractivity contribution in [2.75, 3.05) is 6.61 Å². The highest BCUT2D eigenvalue weighted by Gasteiger charge is 2.34. The zero-order valence-electron chi connectivity index (χ0n) is 12.1. The van der Waals surface area contributed by atoms with Gasteiger partial charge in [0, 0.05) is 6.61 Å². The minimum absolute atomic E-state index is 0.102. The molecular weight excluding hydrogens is 240 g/mol. The summed E-state index contributed by atoms with van der Waals surface area (Å²) < 4.78 is 5.67. The lowest BCUT2D eigenvalue weighted by molar-refractivity contribution is -0.145. The highest BCUT2D eigenvalue weighted by Crippen LogP contribution is 2.39. The van der Waals surface area contributed by atoms with Crippen LogP contribution >= 0.6 is 0 Å². The molecule has 2 aliphatic rings. The van der Waals surface area contributed by atoms with Crippen LogP contribution in [0.1, 0.15) is 64.7 Å². The molecule has 0 amide bonds. The average molecular weight is 268 g/mol. The smallest absolute Gasteiger partial charge is 0.306 e. The fraction of sp³-hybridized carbons (Fsp3) is 0.938. The van der Waals surface area contributed by atoms with Gasteiger partial charge in [-0.2, -0.15) is 0 Å². The van der Waals surface area contributed by atoms with Gasteiger partial charge in [0.25, 0.3) is 0 Å². The topological polar surface area (TPSA) is 46.5 Å². The van der Waals surface area contributed by atoms with E-state index in [1.165, 1.54) is 25.7 Å².